The molecule has 0 saturated carbocycles. The van der Waals surface area contributed by atoms with Crippen molar-refractivity contribution in [1.82, 2.24) is 4.72 Å². The molecule has 0 radical (unpaired) electrons. The standard InChI is InChI=1S/C13H12BrNO3S/c14-11-6-2-4-8-13(11)19(17,18)15-9-10-5-1-3-7-12(10)16/h1-8,15-16H,9H2. The van der Waals surface area contributed by atoms with Crippen LogP contribution in [0.25, 0.3) is 0 Å². The molecular formula is C13H12BrNO3S. The Morgan fingerprint density at radius 3 is 2.37 bits per heavy atom. The zero-order chi connectivity index (χ0) is 13.9. The molecule has 0 saturated heterocycles. The van der Waals surface area contributed by atoms with E-state index in [0.29, 0.717) is 10.0 Å². The van der Waals surface area contributed by atoms with Gasteiger partial charge in [0.1, 0.15) is 5.75 Å². The molecule has 100 valence electrons. The second kappa shape index (κ2) is 5.73. The Kier molecular flexibility index (Phi) is 4.24. The fraction of sp³-hybridized carbons (Fsp3) is 0.0769. The molecule has 0 spiro atoms. The summed E-state index contributed by atoms with van der Waals surface area (Å²) in [6.07, 6.45) is 0. The van der Waals surface area contributed by atoms with Crippen LogP contribution in [0, 0.1) is 0 Å². The maximum absolute atomic E-state index is 12.1. The number of nitrogens with one attached hydrogen (secondary N) is 1. The summed E-state index contributed by atoms with van der Waals surface area (Å²) in [5.74, 6) is 0.0670. The van der Waals surface area contributed by atoms with Crippen LogP contribution in [-0.4, -0.2) is 13.5 Å². The van der Waals surface area contributed by atoms with Gasteiger partial charge in [0.15, 0.2) is 0 Å². The van der Waals surface area contributed by atoms with E-state index in [4.69, 9.17) is 0 Å². The lowest BCUT2D eigenvalue weighted by Crippen LogP contribution is -2.23. The molecule has 2 N–H and O–H groups in total. The third-order valence-electron chi connectivity index (χ3n) is 2.57. The number of halogens is 1. The summed E-state index contributed by atoms with van der Waals surface area (Å²) in [4.78, 5) is 0.172. The molecule has 0 aliphatic heterocycles. The van der Waals surface area contributed by atoms with Crippen molar-refractivity contribution in [3.05, 3.63) is 58.6 Å². The summed E-state index contributed by atoms with van der Waals surface area (Å²) in [5, 5.41) is 9.59. The van der Waals surface area contributed by atoms with E-state index < -0.39 is 10.0 Å². The van der Waals surface area contributed by atoms with Crippen LogP contribution in [0.5, 0.6) is 5.75 Å². The highest BCUT2D eigenvalue weighted by atomic mass is 79.9. The Morgan fingerprint density at radius 2 is 1.68 bits per heavy atom. The monoisotopic (exact) mass is 341 g/mol. The Bertz CT molecular complexity index is 686. The van der Waals surface area contributed by atoms with Gasteiger partial charge in [0.05, 0.1) is 4.90 Å². The maximum atomic E-state index is 12.1. The molecule has 0 atom stereocenters. The molecule has 2 aromatic rings. The third kappa shape index (κ3) is 3.34. The van der Waals surface area contributed by atoms with E-state index in [1.165, 1.54) is 12.1 Å². The summed E-state index contributed by atoms with van der Waals surface area (Å²) in [6.45, 7) is 0.0380. The van der Waals surface area contributed by atoms with Crippen molar-refractivity contribution in [2.45, 2.75) is 11.4 Å². The number of hydrogen-bond acceptors (Lipinski definition) is 3. The minimum atomic E-state index is -3.61. The summed E-state index contributed by atoms with van der Waals surface area (Å²) in [5.41, 5.74) is 0.526. The molecule has 0 heterocycles. The molecule has 0 amide bonds. The van der Waals surface area contributed by atoms with E-state index in [1.807, 2.05) is 0 Å². The summed E-state index contributed by atoms with van der Waals surface area (Å²) < 4.78 is 27.2. The molecule has 0 bridgehead atoms. The average molecular weight is 342 g/mol. The first-order valence-electron chi connectivity index (χ1n) is 5.52. The SMILES string of the molecule is O=S(=O)(NCc1ccccc1O)c1ccccc1Br. The van der Waals surface area contributed by atoms with Gasteiger partial charge >= 0.3 is 0 Å². The normalized spacial score (nSPS) is 11.4. The van der Waals surface area contributed by atoms with Gasteiger partial charge in [-0.25, -0.2) is 13.1 Å². The van der Waals surface area contributed by atoms with Crippen molar-refractivity contribution < 1.29 is 13.5 Å². The van der Waals surface area contributed by atoms with Gasteiger partial charge in [0.2, 0.25) is 10.0 Å². The quantitative estimate of drug-likeness (QED) is 0.898. The Morgan fingerprint density at radius 1 is 1.05 bits per heavy atom. The smallest absolute Gasteiger partial charge is 0.241 e. The molecule has 6 heteroatoms. The maximum Gasteiger partial charge on any atom is 0.241 e. The van der Waals surface area contributed by atoms with Crippen molar-refractivity contribution in [2.75, 3.05) is 0 Å². The zero-order valence-electron chi connectivity index (χ0n) is 9.88. The van der Waals surface area contributed by atoms with E-state index in [-0.39, 0.29) is 17.2 Å². The first kappa shape index (κ1) is 14.0. The third-order valence-corrected chi connectivity index (χ3v) is 4.98. The fourth-order valence-electron chi connectivity index (χ4n) is 1.57. The van der Waals surface area contributed by atoms with Crippen LogP contribution in [0.2, 0.25) is 0 Å². The van der Waals surface area contributed by atoms with Crippen LogP contribution in [-0.2, 0) is 16.6 Å². The molecule has 0 aliphatic rings. The first-order chi connectivity index (χ1) is 9.00. The lowest BCUT2D eigenvalue weighted by atomic mass is 10.2. The lowest BCUT2D eigenvalue weighted by Gasteiger charge is -2.09. The number of aromatic hydroxyl groups is 1. The predicted octanol–water partition coefficient (Wildman–Crippen LogP) is 2.63. The highest BCUT2D eigenvalue weighted by Crippen LogP contribution is 2.22. The van der Waals surface area contributed by atoms with E-state index in [0.717, 1.165) is 0 Å². The van der Waals surface area contributed by atoms with Crippen molar-refractivity contribution in [3.8, 4) is 5.75 Å². The first-order valence-corrected chi connectivity index (χ1v) is 7.79. The van der Waals surface area contributed by atoms with Crippen molar-refractivity contribution in [3.63, 3.8) is 0 Å². The molecule has 0 unspecified atom stereocenters. The van der Waals surface area contributed by atoms with Gasteiger partial charge in [-0.2, -0.15) is 0 Å². The number of rotatable bonds is 4. The van der Waals surface area contributed by atoms with E-state index >= 15 is 0 Å². The van der Waals surface area contributed by atoms with Gasteiger partial charge in [-0.15, -0.1) is 0 Å². The Labute approximate surface area is 120 Å². The van der Waals surface area contributed by atoms with Crippen LogP contribution in [0.15, 0.2) is 57.9 Å². The van der Waals surface area contributed by atoms with Gasteiger partial charge in [0, 0.05) is 16.6 Å². The fourth-order valence-corrected chi connectivity index (χ4v) is 3.58. The number of sulfonamides is 1. The minimum Gasteiger partial charge on any atom is -0.508 e. The zero-order valence-corrected chi connectivity index (χ0v) is 12.3. The molecule has 0 aromatic heterocycles. The van der Waals surface area contributed by atoms with Gasteiger partial charge in [-0.1, -0.05) is 30.3 Å². The number of para-hydroxylation sites is 1. The molecule has 0 aliphatic carbocycles. The largest absolute Gasteiger partial charge is 0.508 e. The Balaban J connectivity index is 2.20. The van der Waals surface area contributed by atoms with Crippen molar-refractivity contribution in [2.24, 2.45) is 0 Å². The highest BCUT2D eigenvalue weighted by molar-refractivity contribution is 9.10. The van der Waals surface area contributed by atoms with Crippen LogP contribution < -0.4 is 4.72 Å². The summed E-state index contributed by atoms with van der Waals surface area (Å²) in [6, 6.07) is 13.2. The molecule has 0 fully saturated rings. The molecule has 2 rings (SSSR count). The van der Waals surface area contributed by atoms with Crippen LogP contribution in [0.4, 0.5) is 0 Å². The minimum absolute atomic E-state index is 0.0380. The molecular weight excluding hydrogens is 330 g/mol. The number of phenols is 1. The number of benzene rings is 2. The topological polar surface area (TPSA) is 66.4 Å². The molecule has 19 heavy (non-hydrogen) atoms. The second-order valence-electron chi connectivity index (χ2n) is 3.88. The molecule has 2 aromatic carbocycles. The van der Waals surface area contributed by atoms with Gasteiger partial charge < -0.3 is 5.11 Å². The number of hydrogen-bond donors (Lipinski definition) is 2. The lowest BCUT2D eigenvalue weighted by molar-refractivity contribution is 0.467. The summed E-state index contributed by atoms with van der Waals surface area (Å²) >= 11 is 3.20. The van der Waals surface area contributed by atoms with E-state index in [1.54, 1.807) is 36.4 Å². The summed E-state index contributed by atoms with van der Waals surface area (Å²) in [7, 11) is -3.61. The van der Waals surface area contributed by atoms with E-state index in [9.17, 15) is 13.5 Å². The average Bonchev–Trinajstić information content (AvgIpc) is 2.38. The van der Waals surface area contributed by atoms with Gasteiger partial charge in [0.25, 0.3) is 0 Å². The van der Waals surface area contributed by atoms with Crippen LogP contribution in [0.3, 0.4) is 0 Å². The van der Waals surface area contributed by atoms with Crippen molar-refractivity contribution in [1.29, 1.82) is 0 Å². The van der Waals surface area contributed by atoms with Crippen LogP contribution in [0.1, 0.15) is 5.56 Å². The second-order valence-corrected chi connectivity index (χ2v) is 6.47. The van der Waals surface area contributed by atoms with Crippen molar-refractivity contribution >= 4 is 26.0 Å². The van der Waals surface area contributed by atoms with E-state index in [2.05, 4.69) is 20.7 Å². The number of phenolic OH excluding ortho intramolecular Hbond substituents is 1. The Hall–Kier alpha value is -1.37. The molecule has 4 nitrogen and oxygen atoms in total. The highest BCUT2D eigenvalue weighted by Gasteiger charge is 2.17. The van der Waals surface area contributed by atoms with Crippen LogP contribution >= 0.6 is 15.9 Å². The van der Waals surface area contributed by atoms with Gasteiger partial charge in [-0.3, -0.25) is 0 Å². The predicted molar refractivity (Wildman–Crippen MR) is 76.3 cm³/mol. The van der Waals surface area contributed by atoms with Gasteiger partial charge in [-0.05, 0) is 34.1 Å².